The number of rotatable bonds is 3. The van der Waals surface area contributed by atoms with Crippen LogP contribution in [0.2, 0.25) is 0 Å². The molecule has 6 heteroatoms. The Morgan fingerprint density at radius 3 is 2.61 bits per heavy atom. The van der Waals surface area contributed by atoms with E-state index >= 15 is 0 Å². The van der Waals surface area contributed by atoms with Gasteiger partial charge in [-0.25, -0.2) is 9.38 Å². The van der Waals surface area contributed by atoms with Crippen LogP contribution < -0.4 is 5.73 Å². The molecule has 28 heavy (non-hydrogen) atoms. The van der Waals surface area contributed by atoms with Crippen LogP contribution in [0.4, 0.5) is 13.2 Å². The van der Waals surface area contributed by atoms with Crippen molar-refractivity contribution in [1.82, 2.24) is 0 Å². The normalized spacial score (nSPS) is 22.9. The highest BCUT2D eigenvalue weighted by atomic mass is 19.3. The Kier molecular flexibility index (Phi) is 4.25. The van der Waals surface area contributed by atoms with E-state index in [2.05, 4.69) is 21.9 Å². The summed E-state index contributed by atoms with van der Waals surface area (Å²) in [6.45, 7) is 2.30. The number of hydrogen-bond acceptors (Lipinski definition) is 3. The van der Waals surface area contributed by atoms with Crippen LogP contribution in [0.3, 0.4) is 0 Å². The standard InChI is InChI=1S/C22H21F3N2O/c1-13-3-5-14(6-4-13)7-15-8-16-10-18(19(23)11-17(16)9-15)21(2)22(24,25)12-28-20(26)27-21/h3-6,9-11H,7-8,12H2,1-2H3,(H2,26,27)/t21-/m1/s1. The summed E-state index contributed by atoms with van der Waals surface area (Å²) in [7, 11) is 0. The molecule has 4 rings (SSSR count). The SMILES string of the molecule is Cc1ccc(CC2=Cc3cc(F)c([C@@]4(C)N=C(N)OCC4(F)F)cc3C2)cc1. The molecule has 0 unspecified atom stereocenters. The van der Waals surface area contributed by atoms with E-state index in [1.165, 1.54) is 24.6 Å². The average Bonchev–Trinajstić information content (AvgIpc) is 3.01. The van der Waals surface area contributed by atoms with E-state index in [9.17, 15) is 13.2 Å². The highest BCUT2D eigenvalue weighted by Gasteiger charge is 2.56. The van der Waals surface area contributed by atoms with Crippen molar-refractivity contribution in [2.24, 2.45) is 10.7 Å². The Morgan fingerprint density at radius 1 is 1.18 bits per heavy atom. The Hall–Kier alpha value is -2.76. The maximum Gasteiger partial charge on any atom is 0.310 e. The minimum atomic E-state index is -3.37. The Labute approximate surface area is 161 Å². The Morgan fingerprint density at radius 2 is 1.89 bits per heavy atom. The van der Waals surface area contributed by atoms with Crippen molar-refractivity contribution in [3.63, 3.8) is 0 Å². The van der Waals surface area contributed by atoms with E-state index < -0.39 is 23.9 Å². The van der Waals surface area contributed by atoms with Crippen molar-refractivity contribution in [3.8, 4) is 0 Å². The van der Waals surface area contributed by atoms with Gasteiger partial charge in [0.05, 0.1) is 0 Å². The van der Waals surface area contributed by atoms with Crippen molar-refractivity contribution in [1.29, 1.82) is 0 Å². The lowest BCUT2D eigenvalue weighted by molar-refractivity contribution is -0.117. The first-order valence-corrected chi connectivity index (χ1v) is 9.12. The summed E-state index contributed by atoms with van der Waals surface area (Å²) in [5, 5.41) is 0. The molecule has 0 saturated heterocycles. The predicted molar refractivity (Wildman–Crippen MR) is 103 cm³/mol. The third kappa shape index (κ3) is 3.07. The quantitative estimate of drug-likeness (QED) is 0.844. The van der Waals surface area contributed by atoms with Crippen LogP contribution in [0.25, 0.3) is 6.08 Å². The van der Waals surface area contributed by atoms with Gasteiger partial charge in [-0.1, -0.05) is 41.5 Å². The summed E-state index contributed by atoms with van der Waals surface area (Å²) in [6.07, 6.45) is 3.26. The van der Waals surface area contributed by atoms with Crippen LogP contribution >= 0.6 is 0 Å². The number of aryl methyl sites for hydroxylation is 1. The maximum absolute atomic E-state index is 14.8. The lowest BCUT2D eigenvalue weighted by atomic mass is 9.83. The molecule has 3 nitrogen and oxygen atoms in total. The van der Waals surface area contributed by atoms with Crippen LogP contribution in [0.1, 0.15) is 34.7 Å². The van der Waals surface area contributed by atoms with E-state index in [4.69, 9.17) is 5.73 Å². The fourth-order valence-electron chi connectivity index (χ4n) is 3.79. The zero-order chi connectivity index (χ0) is 20.1. The van der Waals surface area contributed by atoms with Gasteiger partial charge in [-0.2, -0.15) is 8.78 Å². The first-order valence-electron chi connectivity index (χ1n) is 9.12. The molecule has 0 aromatic heterocycles. The molecular formula is C22H21F3N2O. The van der Waals surface area contributed by atoms with Crippen molar-refractivity contribution in [3.05, 3.63) is 75.6 Å². The topological polar surface area (TPSA) is 47.6 Å². The number of fused-ring (bicyclic) bond motifs is 1. The minimum Gasteiger partial charge on any atom is -0.459 e. The molecule has 1 heterocycles. The van der Waals surface area contributed by atoms with Crippen molar-refractivity contribution in [2.75, 3.05) is 6.61 Å². The molecule has 0 radical (unpaired) electrons. The van der Waals surface area contributed by atoms with Gasteiger partial charge >= 0.3 is 5.92 Å². The Bertz CT molecular complexity index is 996. The number of alkyl halides is 2. The molecule has 1 aliphatic heterocycles. The van der Waals surface area contributed by atoms with Crippen molar-refractivity contribution < 1.29 is 17.9 Å². The first-order chi connectivity index (χ1) is 13.2. The first kappa shape index (κ1) is 18.6. The number of ether oxygens (including phenoxy) is 1. The monoisotopic (exact) mass is 386 g/mol. The fraction of sp³-hybridized carbons (Fsp3) is 0.318. The largest absolute Gasteiger partial charge is 0.459 e. The van der Waals surface area contributed by atoms with E-state index in [0.717, 1.165) is 28.7 Å². The molecular weight excluding hydrogens is 365 g/mol. The summed E-state index contributed by atoms with van der Waals surface area (Å²) < 4.78 is 48.7. The number of hydrogen-bond donors (Lipinski definition) is 1. The van der Waals surface area contributed by atoms with Gasteiger partial charge in [0.1, 0.15) is 5.82 Å². The maximum atomic E-state index is 14.8. The highest BCUT2D eigenvalue weighted by molar-refractivity contribution is 5.73. The second-order valence-electron chi connectivity index (χ2n) is 7.69. The molecule has 0 spiro atoms. The predicted octanol–water partition coefficient (Wildman–Crippen LogP) is 4.51. The molecule has 0 amide bonds. The van der Waals surface area contributed by atoms with Crippen LogP contribution in [0.15, 0.2) is 47.0 Å². The molecule has 146 valence electrons. The second kappa shape index (κ2) is 6.40. The second-order valence-corrected chi connectivity index (χ2v) is 7.69. The smallest absolute Gasteiger partial charge is 0.310 e. The lowest BCUT2D eigenvalue weighted by Crippen LogP contribution is -2.51. The molecule has 2 N–H and O–H groups in total. The summed E-state index contributed by atoms with van der Waals surface area (Å²) in [5.74, 6) is -4.09. The molecule has 0 bridgehead atoms. The summed E-state index contributed by atoms with van der Waals surface area (Å²) in [5.41, 5.74) is 8.24. The van der Waals surface area contributed by atoms with Crippen molar-refractivity contribution in [2.45, 2.75) is 38.2 Å². The molecule has 0 saturated carbocycles. The van der Waals surface area contributed by atoms with Gasteiger partial charge in [0.2, 0.25) is 0 Å². The average molecular weight is 386 g/mol. The number of amidine groups is 1. The lowest BCUT2D eigenvalue weighted by Gasteiger charge is -2.37. The minimum absolute atomic E-state index is 0.160. The molecule has 1 atom stereocenters. The molecule has 2 aromatic carbocycles. The van der Waals surface area contributed by atoms with Crippen LogP contribution in [0.5, 0.6) is 0 Å². The molecule has 1 aliphatic carbocycles. The van der Waals surface area contributed by atoms with E-state index in [-0.39, 0.29) is 11.6 Å². The van der Waals surface area contributed by atoms with Crippen LogP contribution in [-0.4, -0.2) is 18.6 Å². The van der Waals surface area contributed by atoms with Gasteiger partial charge in [0.25, 0.3) is 6.02 Å². The Balaban J connectivity index is 1.66. The molecule has 2 aliphatic rings. The van der Waals surface area contributed by atoms with E-state index in [1.54, 1.807) is 0 Å². The third-order valence-electron chi connectivity index (χ3n) is 5.53. The summed E-state index contributed by atoms with van der Waals surface area (Å²) in [4.78, 5) is 3.78. The third-order valence-corrected chi connectivity index (χ3v) is 5.53. The number of nitrogens with zero attached hydrogens (tertiary/aromatic N) is 1. The number of aliphatic imine (C=N–C) groups is 1. The van der Waals surface area contributed by atoms with E-state index in [0.29, 0.717) is 6.42 Å². The molecule has 2 aromatic rings. The van der Waals surface area contributed by atoms with E-state index in [1.807, 2.05) is 25.1 Å². The van der Waals surface area contributed by atoms with Gasteiger partial charge in [-0.3, -0.25) is 0 Å². The van der Waals surface area contributed by atoms with Gasteiger partial charge in [0, 0.05) is 5.56 Å². The number of allylic oxidation sites excluding steroid dienone is 1. The number of halogens is 3. The van der Waals surface area contributed by atoms with Gasteiger partial charge in [0.15, 0.2) is 12.1 Å². The van der Waals surface area contributed by atoms with Crippen LogP contribution in [-0.2, 0) is 23.1 Å². The van der Waals surface area contributed by atoms with Crippen LogP contribution in [0, 0.1) is 12.7 Å². The fourth-order valence-corrected chi connectivity index (χ4v) is 3.79. The van der Waals surface area contributed by atoms with Gasteiger partial charge < -0.3 is 10.5 Å². The zero-order valence-corrected chi connectivity index (χ0v) is 15.7. The molecule has 0 fully saturated rings. The zero-order valence-electron chi connectivity index (χ0n) is 15.7. The van der Waals surface area contributed by atoms with Gasteiger partial charge in [-0.15, -0.1) is 0 Å². The highest BCUT2D eigenvalue weighted by Crippen LogP contribution is 2.45. The van der Waals surface area contributed by atoms with Gasteiger partial charge in [-0.05, 0) is 55.5 Å². The number of nitrogens with two attached hydrogens (primary N) is 1. The van der Waals surface area contributed by atoms with Crippen molar-refractivity contribution >= 4 is 12.1 Å². The number of benzene rings is 2. The summed E-state index contributed by atoms with van der Waals surface area (Å²) in [6, 6.07) is 10.7. The summed E-state index contributed by atoms with van der Waals surface area (Å²) >= 11 is 0.